The van der Waals surface area contributed by atoms with Crippen molar-refractivity contribution in [2.75, 3.05) is 7.11 Å². The number of methoxy groups -OCH3 is 1. The van der Waals surface area contributed by atoms with E-state index in [1.165, 1.54) is 7.11 Å². The Morgan fingerprint density at radius 1 is 1.33 bits per heavy atom. The minimum atomic E-state index is -1.06. The highest BCUT2D eigenvalue weighted by Gasteiger charge is 2.57. The number of carbonyl (C=O) groups excluding carboxylic acids is 1. The Morgan fingerprint density at radius 2 is 2.00 bits per heavy atom. The summed E-state index contributed by atoms with van der Waals surface area (Å²) >= 11 is 3.20. The van der Waals surface area contributed by atoms with Crippen LogP contribution in [-0.4, -0.2) is 28.2 Å². The van der Waals surface area contributed by atoms with E-state index in [4.69, 9.17) is 4.74 Å². The van der Waals surface area contributed by atoms with Gasteiger partial charge in [-0.3, -0.25) is 9.59 Å². The zero-order valence-electron chi connectivity index (χ0n) is 12.1. The van der Waals surface area contributed by atoms with Gasteiger partial charge in [0.15, 0.2) is 11.5 Å². The molecule has 1 aromatic rings. The maximum atomic E-state index is 13.0. The lowest BCUT2D eigenvalue weighted by Gasteiger charge is -2.51. The average Bonchev–Trinajstić information content (AvgIpc) is 2.44. The lowest BCUT2D eigenvalue weighted by molar-refractivity contribution is -0.104. The van der Waals surface area contributed by atoms with Crippen LogP contribution >= 0.6 is 15.9 Å². The van der Waals surface area contributed by atoms with Crippen LogP contribution in [0.2, 0.25) is 0 Å². The van der Waals surface area contributed by atoms with Crippen molar-refractivity contribution < 1.29 is 14.6 Å². The predicted molar refractivity (Wildman–Crippen MR) is 80.8 cm³/mol. The average molecular weight is 356 g/mol. The Balaban J connectivity index is 2.28. The largest absolute Gasteiger partial charge is 0.491 e. The fourth-order valence-electron chi connectivity index (χ4n) is 3.68. The van der Waals surface area contributed by atoms with E-state index >= 15 is 0 Å². The van der Waals surface area contributed by atoms with Crippen LogP contribution < -0.4 is 10.2 Å². The van der Waals surface area contributed by atoms with Crippen LogP contribution in [0.5, 0.6) is 5.75 Å². The fourth-order valence-corrected chi connectivity index (χ4v) is 4.11. The van der Waals surface area contributed by atoms with Gasteiger partial charge in [-0.1, -0.05) is 12.8 Å². The van der Waals surface area contributed by atoms with Gasteiger partial charge in [0, 0.05) is 6.20 Å². The van der Waals surface area contributed by atoms with Crippen molar-refractivity contribution in [1.82, 2.24) is 4.57 Å². The number of carbonyl (C=O) groups is 1. The SMILES string of the molecule is COc1c2n(cc(Br)c1=O)CC1(O)CCCCC1(C)C2=O. The van der Waals surface area contributed by atoms with Crippen molar-refractivity contribution in [3.05, 3.63) is 26.6 Å². The molecule has 114 valence electrons. The van der Waals surface area contributed by atoms with Crippen molar-refractivity contribution in [3.63, 3.8) is 0 Å². The van der Waals surface area contributed by atoms with Gasteiger partial charge in [-0.05, 0) is 35.7 Å². The molecule has 2 heterocycles. The number of hydrogen-bond donors (Lipinski definition) is 1. The predicted octanol–water partition coefficient (Wildman–Crippen LogP) is 2.13. The molecule has 0 bridgehead atoms. The molecule has 1 aromatic heterocycles. The summed E-state index contributed by atoms with van der Waals surface area (Å²) in [6.45, 7) is 2.11. The smallest absolute Gasteiger partial charge is 0.238 e. The molecular formula is C15H18BrNO4. The number of ether oxygens (including phenoxy) is 1. The van der Waals surface area contributed by atoms with Crippen molar-refractivity contribution in [2.24, 2.45) is 5.41 Å². The van der Waals surface area contributed by atoms with Crippen LogP contribution in [-0.2, 0) is 6.54 Å². The summed E-state index contributed by atoms with van der Waals surface area (Å²) in [6, 6.07) is 0. The van der Waals surface area contributed by atoms with E-state index in [9.17, 15) is 14.7 Å². The number of halogens is 1. The van der Waals surface area contributed by atoms with Crippen LogP contribution in [0.4, 0.5) is 0 Å². The number of pyridine rings is 1. The van der Waals surface area contributed by atoms with Crippen LogP contribution in [0.15, 0.2) is 15.5 Å². The Morgan fingerprint density at radius 3 is 2.67 bits per heavy atom. The van der Waals surface area contributed by atoms with Crippen molar-refractivity contribution in [1.29, 1.82) is 0 Å². The Bertz CT molecular complexity index is 683. The lowest BCUT2D eigenvalue weighted by atomic mass is 9.59. The van der Waals surface area contributed by atoms with Crippen LogP contribution in [0.25, 0.3) is 0 Å². The van der Waals surface area contributed by atoms with Gasteiger partial charge in [-0.15, -0.1) is 0 Å². The summed E-state index contributed by atoms with van der Waals surface area (Å²) in [4.78, 5) is 25.2. The highest BCUT2D eigenvalue weighted by molar-refractivity contribution is 9.10. The molecule has 0 aromatic carbocycles. The molecule has 1 aliphatic carbocycles. The van der Waals surface area contributed by atoms with Gasteiger partial charge < -0.3 is 14.4 Å². The molecule has 3 rings (SSSR count). The minimum Gasteiger partial charge on any atom is -0.491 e. The molecule has 0 amide bonds. The molecule has 0 radical (unpaired) electrons. The Hall–Kier alpha value is -1.14. The second-order valence-corrected chi connectivity index (χ2v) is 7.07. The van der Waals surface area contributed by atoms with Gasteiger partial charge in [-0.2, -0.15) is 0 Å². The molecule has 21 heavy (non-hydrogen) atoms. The quantitative estimate of drug-likeness (QED) is 0.837. The number of fused-ring (bicyclic) bond motifs is 2. The van der Waals surface area contributed by atoms with E-state index < -0.39 is 11.0 Å². The number of ketones is 1. The third-order valence-electron chi connectivity index (χ3n) is 5.09. The number of aliphatic hydroxyl groups is 1. The Labute approximate surface area is 131 Å². The van der Waals surface area contributed by atoms with Gasteiger partial charge in [-0.25, -0.2) is 0 Å². The normalized spacial score (nSPS) is 31.5. The summed E-state index contributed by atoms with van der Waals surface area (Å²) < 4.78 is 7.17. The van der Waals surface area contributed by atoms with Gasteiger partial charge >= 0.3 is 0 Å². The monoisotopic (exact) mass is 355 g/mol. The topological polar surface area (TPSA) is 68.5 Å². The summed E-state index contributed by atoms with van der Waals surface area (Å²) in [5.74, 6) is -0.138. The summed E-state index contributed by atoms with van der Waals surface area (Å²) in [5.41, 5.74) is -1.96. The van der Waals surface area contributed by atoms with E-state index in [-0.39, 0.29) is 22.7 Å². The molecule has 2 atom stereocenters. The van der Waals surface area contributed by atoms with E-state index in [0.29, 0.717) is 23.9 Å². The van der Waals surface area contributed by atoms with Crippen LogP contribution in [0.1, 0.15) is 43.1 Å². The molecule has 1 fully saturated rings. The third kappa shape index (κ3) is 1.85. The number of aromatic nitrogens is 1. The highest BCUT2D eigenvalue weighted by Crippen LogP contribution is 2.50. The molecule has 1 saturated carbocycles. The third-order valence-corrected chi connectivity index (χ3v) is 5.66. The standard InChI is InChI=1S/C15H18BrNO4/c1-14-5-3-4-6-15(14,20)8-17-7-9(16)11(18)12(21-2)10(17)13(14)19/h7,20H,3-6,8H2,1-2H3. The molecule has 2 unspecified atom stereocenters. The van der Waals surface area contributed by atoms with Crippen molar-refractivity contribution in [2.45, 2.75) is 44.8 Å². The van der Waals surface area contributed by atoms with Gasteiger partial charge in [0.05, 0.1) is 29.1 Å². The zero-order chi connectivity index (χ0) is 15.4. The van der Waals surface area contributed by atoms with Crippen molar-refractivity contribution in [3.8, 4) is 5.75 Å². The lowest BCUT2D eigenvalue weighted by Crippen LogP contribution is -2.60. The molecule has 1 N–H and O–H groups in total. The van der Waals surface area contributed by atoms with E-state index in [1.807, 2.05) is 6.92 Å². The van der Waals surface area contributed by atoms with E-state index in [2.05, 4.69) is 15.9 Å². The van der Waals surface area contributed by atoms with Crippen molar-refractivity contribution >= 4 is 21.7 Å². The molecule has 0 saturated heterocycles. The summed E-state index contributed by atoms with van der Waals surface area (Å²) in [7, 11) is 1.39. The molecule has 5 nitrogen and oxygen atoms in total. The maximum absolute atomic E-state index is 13.0. The summed E-state index contributed by atoms with van der Waals surface area (Å²) in [6.07, 6.45) is 4.63. The highest BCUT2D eigenvalue weighted by atomic mass is 79.9. The first kappa shape index (κ1) is 14.8. The maximum Gasteiger partial charge on any atom is 0.238 e. The first-order valence-electron chi connectivity index (χ1n) is 7.08. The number of hydrogen-bond acceptors (Lipinski definition) is 4. The van der Waals surface area contributed by atoms with Gasteiger partial charge in [0.1, 0.15) is 5.69 Å². The molecule has 6 heteroatoms. The second kappa shape index (κ2) is 4.68. The first-order chi connectivity index (χ1) is 9.84. The molecule has 0 spiro atoms. The molecule has 2 aliphatic rings. The van der Waals surface area contributed by atoms with E-state index in [0.717, 1.165) is 12.8 Å². The first-order valence-corrected chi connectivity index (χ1v) is 7.87. The molecular weight excluding hydrogens is 338 g/mol. The zero-order valence-corrected chi connectivity index (χ0v) is 13.7. The van der Waals surface area contributed by atoms with Gasteiger partial charge in [0.2, 0.25) is 5.43 Å². The number of rotatable bonds is 1. The number of Topliss-reactive ketones (excluding diaryl/α,β-unsaturated/α-hetero) is 1. The molecule has 1 aliphatic heterocycles. The van der Waals surface area contributed by atoms with Gasteiger partial charge in [0.25, 0.3) is 0 Å². The fraction of sp³-hybridized carbons (Fsp3) is 0.600. The Kier molecular flexibility index (Phi) is 3.29. The van der Waals surface area contributed by atoms with E-state index in [1.54, 1.807) is 10.8 Å². The summed E-state index contributed by atoms with van der Waals surface area (Å²) in [5, 5.41) is 11.0. The second-order valence-electron chi connectivity index (χ2n) is 6.22. The van der Waals surface area contributed by atoms with Crippen LogP contribution in [0.3, 0.4) is 0 Å². The minimum absolute atomic E-state index is 0.0585. The number of nitrogens with zero attached hydrogens (tertiary/aromatic N) is 1. The van der Waals surface area contributed by atoms with Crippen LogP contribution in [0, 0.1) is 5.41 Å².